The van der Waals surface area contributed by atoms with E-state index in [1.54, 1.807) is 17.8 Å². The molecule has 3 nitrogen and oxygen atoms in total. The molecular weight excluding hydrogens is 285 g/mol. The molecule has 0 saturated carbocycles. The predicted molar refractivity (Wildman–Crippen MR) is 85.3 cm³/mol. The summed E-state index contributed by atoms with van der Waals surface area (Å²) >= 11 is 1.61. The molecule has 5 heteroatoms. The van der Waals surface area contributed by atoms with E-state index in [-0.39, 0.29) is 11.7 Å². The maximum absolute atomic E-state index is 13.2. The van der Waals surface area contributed by atoms with Gasteiger partial charge in [0.05, 0.1) is 5.03 Å². The first kappa shape index (κ1) is 13.7. The van der Waals surface area contributed by atoms with Crippen LogP contribution in [-0.4, -0.2) is 10.8 Å². The van der Waals surface area contributed by atoms with E-state index in [1.807, 2.05) is 18.2 Å². The summed E-state index contributed by atoms with van der Waals surface area (Å²) in [6, 6.07) is 14.5. The molecule has 0 spiro atoms. The van der Waals surface area contributed by atoms with E-state index in [2.05, 4.69) is 17.1 Å². The second-order valence-electron chi connectivity index (χ2n) is 4.72. The summed E-state index contributed by atoms with van der Waals surface area (Å²) in [5.41, 5.74) is 7.91. The quantitative estimate of drug-likeness (QED) is 0.389. The van der Waals surface area contributed by atoms with Crippen LogP contribution in [0.4, 0.5) is 4.39 Å². The molecule has 0 saturated heterocycles. The van der Waals surface area contributed by atoms with E-state index >= 15 is 0 Å². The first-order chi connectivity index (χ1) is 10.1. The lowest BCUT2D eigenvalue weighted by molar-refractivity contribution is 0.627. The van der Waals surface area contributed by atoms with Crippen molar-refractivity contribution in [1.82, 2.24) is 4.98 Å². The second-order valence-corrected chi connectivity index (χ2v) is 5.74. The highest BCUT2D eigenvalue weighted by Crippen LogP contribution is 2.27. The maximum Gasteiger partial charge on any atom is 0.123 e. The molecule has 3 rings (SSSR count). The number of rotatable bonds is 4. The molecule has 0 bridgehead atoms. The van der Waals surface area contributed by atoms with Gasteiger partial charge in [-0.05, 0) is 29.8 Å². The third-order valence-electron chi connectivity index (χ3n) is 3.25. The number of amidine groups is 1. The van der Waals surface area contributed by atoms with Gasteiger partial charge in [0, 0.05) is 22.2 Å². The number of H-pyrrole nitrogens is 1. The molecule has 0 aliphatic rings. The van der Waals surface area contributed by atoms with Crippen LogP contribution in [-0.2, 0) is 5.75 Å². The van der Waals surface area contributed by atoms with E-state index in [0.717, 1.165) is 21.5 Å². The van der Waals surface area contributed by atoms with Crippen LogP contribution in [0.5, 0.6) is 0 Å². The molecule has 0 aliphatic heterocycles. The number of nitrogens with one attached hydrogen (secondary N) is 2. The predicted octanol–water partition coefficient (Wildman–Crippen LogP) is 3.88. The molecule has 106 valence electrons. The molecule has 0 unspecified atom stereocenters. The molecule has 1 aromatic heterocycles. The van der Waals surface area contributed by atoms with E-state index in [0.29, 0.717) is 11.3 Å². The third kappa shape index (κ3) is 2.92. The summed E-state index contributed by atoms with van der Waals surface area (Å²) in [5.74, 6) is 0.142. The Morgan fingerprint density at radius 2 is 2.00 bits per heavy atom. The minimum absolute atomic E-state index is 0.109. The van der Waals surface area contributed by atoms with Crippen LogP contribution in [0.25, 0.3) is 10.9 Å². The Labute approximate surface area is 125 Å². The molecule has 0 radical (unpaired) electrons. The number of para-hydroxylation sites is 1. The highest BCUT2D eigenvalue weighted by molar-refractivity contribution is 7.98. The minimum atomic E-state index is -0.375. The zero-order valence-electron chi connectivity index (χ0n) is 11.2. The van der Waals surface area contributed by atoms with Crippen LogP contribution in [0.1, 0.15) is 11.1 Å². The number of aromatic nitrogens is 1. The molecule has 4 N–H and O–H groups in total. The number of aromatic amines is 1. The zero-order chi connectivity index (χ0) is 14.8. The molecule has 0 fully saturated rings. The van der Waals surface area contributed by atoms with E-state index in [4.69, 9.17) is 11.1 Å². The Morgan fingerprint density at radius 1 is 1.19 bits per heavy atom. The monoisotopic (exact) mass is 299 g/mol. The first-order valence-corrected chi connectivity index (χ1v) is 7.45. The lowest BCUT2D eigenvalue weighted by Crippen LogP contribution is -2.13. The summed E-state index contributed by atoms with van der Waals surface area (Å²) < 4.78 is 13.2. The average Bonchev–Trinajstić information content (AvgIpc) is 2.88. The van der Waals surface area contributed by atoms with Gasteiger partial charge in [0.25, 0.3) is 0 Å². The number of nitrogen functional groups attached to an aromatic ring is 1. The molecule has 2 aromatic carbocycles. The summed E-state index contributed by atoms with van der Waals surface area (Å²) in [6.45, 7) is 0. The minimum Gasteiger partial charge on any atom is -0.384 e. The van der Waals surface area contributed by atoms with Gasteiger partial charge in [-0.1, -0.05) is 24.3 Å². The number of hydrogen-bond acceptors (Lipinski definition) is 2. The average molecular weight is 299 g/mol. The Bertz CT molecular complexity index is 777. The Balaban J connectivity index is 1.83. The normalized spacial score (nSPS) is 10.9. The zero-order valence-corrected chi connectivity index (χ0v) is 12.0. The standard InChI is InChI=1S/C16H14FN3S/c17-12-6-5-11(13(8-12)16(18)19)9-21-15-7-10-3-1-2-4-14(10)20-15/h1-8,20H,9H2,(H3,18,19). The number of hydrogen-bond donors (Lipinski definition) is 3. The van der Waals surface area contributed by atoms with Crippen molar-refractivity contribution in [3.05, 3.63) is 65.5 Å². The fourth-order valence-electron chi connectivity index (χ4n) is 2.21. The fraction of sp³-hybridized carbons (Fsp3) is 0.0625. The summed E-state index contributed by atoms with van der Waals surface area (Å²) in [4.78, 5) is 3.33. The Hall–Kier alpha value is -2.27. The lowest BCUT2D eigenvalue weighted by atomic mass is 10.1. The number of nitrogens with two attached hydrogens (primary N) is 1. The first-order valence-electron chi connectivity index (χ1n) is 6.47. The van der Waals surface area contributed by atoms with Crippen LogP contribution in [0.2, 0.25) is 0 Å². The molecule has 21 heavy (non-hydrogen) atoms. The third-order valence-corrected chi connectivity index (χ3v) is 4.24. The maximum atomic E-state index is 13.2. The highest BCUT2D eigenvalue weighted by atomic mass is 32.2. The van der Waals surface area contributed by atoms with E-state index in [1.165, 1.54) is 12.1 Å². The van der Waals surface area contributed by atoms with Gasteiger partial charge in [0.1, 0.15) is 11.7 Å². The SMILES string of the molecule is N=C(N)c1cc(F)ccc1CSc1cc2ccccc2[nH]1. The number of thioether (sulfide) groups is 1. The van der Waals surface area contributed by atoms with Crippen LogP contribution in [0, 0.1) is 11.2 Å². The topological polar surface area (TPSA) is 65.7 Å². The van der Waals surface area contributed by atoms with Crippen molar-refractivity contribution in [3.8, 4) is 0 Å². The van der Waals surface area contributed by atoms with Gasteiger partial charge in [0.2, 0.25) is 0 Å². The summed E-state index contributed by atoms with van der Waals surface area (Å²) in [5, 5.41) is 9.73. The van der Waals surface area contributed by atoms with E-state index in [9.17, 15) is 4.39 Å². The van der Waals surface area contributed by atoms with Gasteiger partial charge in [-0.15, -0.1) is 11.8 Å². The summed E-state index contributed by atoms with van der Waals surface area (Å²) in [7, 11) is 0. The van der Waals surface area contributed by atoms with E-state index < -0.39 is 0 Å². The van der Waals surface area contributed by atoms with Crippen molar-refractivity contribution in [2.45, 2.75) is 10.8 Å². The number of halogens is 1. The van der Waals surface area contributed by atoms with Gasteiger partial charge in [0.15, 0.2) is 0 Å². The van der Waals surface area contributed by atoms with Crippen LogP contribution < -0.4 is 5.73 Å². The molecule has 0 amide bonds. The summed E-state index contributed by atoms with van der Waals surface area (Å²) in [6.07, 6.45) is 0. The second kappa shape index (κ2) is 5.61. The lowest BCUT2D eigenvalue weighted by Gasteiger charge is -2.07. The van der Waals surface area contributed by atoms with Crippen LogP contribution >= 0.6 is 11.8 Å². The Morgan fingerprint density at radius 3 is 2.76 bits per heavy atom. The molecular formula is C16H14FN3S. The van der Waals surface area contributed by atoms with Gasteiger partial charge >= 0.3 is 0 Å². The highest BCUT2D eigenvalue weighted by Gasteiger charge is 2.08. The van der Waals surface area contributed by atoms with Gasteiger partial charge in [-0.3, -0.25) is 5.41 Å². The Kier molecular flexibility index (Phi) is 3.66. The molecule has 1 heterocycles. The van der Waals surface area contributed by atoms with Gasteiger partial charge < -0.3 is 10.7 Å². The van der Waals surface area contributed by atoms with Crippen molar-refractivity contribution >= 4 is 28.5 Å². The number of fused-ring (bicyclic) bond motifs is 1. The van der Waals surface area contributed by atoms with Crippen molar-refractivity contribution < 1.29 is 4.39 Å². The smallest absolute Gasteiger partial charge is 0.123 e. The fourth-order valence-corrected chi connectivity index (χ4v) is 3.16. The van der Waals surface area contributed by atoms with Crippen molar-refractivity contribution in [3.63, 3.8) is 0 Å². The van der Waals surface area contributed by atoms with Crippen LogP contribution in [0.3, 0.4) is 0 Å². The molecule has 3 aromatic rings. The van der Waals surface area contributed by atoms with Gasteiger partial charge in [-0.2, -0.15) is 0 Å². The van der Waals surface area contributed by atoms with Crippen molar-refractivity contribution in [1.29, 1.82) is 5.41 Å². The van der Waals surface area contributed by atoms with Crippen molar-refractivity contribution in [2.24, 2.45) is 5.73 Å². The van der Waals surface area contributed by atoms with Crippen LogP contribution in [0.15, 0.2) is 53.6 Å². The van der Waals surface area contributed by atoms with Gasteiger partial charge in [-0.25, -0.2) is 4.39 Å². The van der Waals surface area contributed by atoms with Crippen molar-refractivity contribution in [2.75, 3.05) is 0 Å². The number of benzene rings is 2. The largest absolute Gasteiger partial charge is 0.384 e. The molecule has 0 atom stereocenters. The molecule has 0 aliphatic carbocycles.